The minimum Gasteiger partial charge on any atom is -0.478 e. The lowest BCUT2D eigenvalue weighted by Gasteiger charge is -2.00. The lowest BCUT2D eigenvalue weighted by Crippen LogP contribution is -1.95. The van der Waals surface area contributed by atoms with Crippen molar-refractivity contribution in [1.29, 1.82) is 0 Å². The van der Waals surface area contributed by atoms with Gasteiger partial charge in [-0.25, -0.2) is 9.78 Å². The summed E-state index contributed by atoms with van der Waals surface area (Å²) in [5.41, 5.74) is 1.85. The van der Waals surface area contributed by atoms with E-state index in [1.54, 1.807) is 25.3 Å². The summed E-state index contributed by atoms with van der Waals surface area (Å²) in [5.74, 6) is -0.424. The van der Waals surface area contributed by atoms with Crippen LogP contribution < -0.4 is 0 Å². The Labute approximate surface area is 102 Å². The molecule has 5 nitrogen and oxygen atoms in total. The summed E-state index contributed by atoms with van der Waals surface area (Å²) in [6.07, 6.45) is 0. The highest BCUT2D eigenvalue weighted by Crippen LogP contribution is 2.23. The second-order valence-corrected chi connectivity index (χ2v) is 4.40. The minimum atomic E-state index is -0.941. The summed E-state index contributed by atoms with van der Waals surface area (Å²) < 4.78 is 6.90. The van der Waals surface area contributed by atoms with E-state index in [2.05, 4.69) is 4.98 Å². The van der Waals surface area contributed by atoms with E-state index < -0.39 is 5.97 Å². The Morgan fingerprint density at radius 2 is 2.35 bits per heavy atom. The first-order chi connectivity index (χ1) is 8.13. The average Bonchev–Trinajstić information content (AvgIpc) is 2.63. The van der Waals surface area contributed by atoms with Crippen LogP contribution in [0.3, 0.4) is 0 Å². The van der Waals surface area contributed by atoms with Crippen molar-refractivity contribution in [3.63, 3.8) is 0 Å². The molecule has 2 aromatic rings. The molecule has 2 rings (SSSR count). The average molecular weight is 252 g/mol. The van der Waals surface area contributed by atoms with E-state index in [0.29, 0.717) is 11.5 Å². The molecule has 0 unspecified atom stereocenters. The summed E-state index contributed by atoms with van der Waals surface area (Å²) in [7, 11) is 3.52. The molecule has 1 heterocycles. The molecule has 0 saturated carbocycles. The van der Waals surface area contributed by atoms with Gasteiger partial charge < -0.3 is 14.4 Å². The van der Waals surface area contributed by atoms with Gasteiger partial charge in [-0.1, -0.05) is 11.8 Å². The number of methoxy groups -OCH3 is 1. The number of benzene rings is 1. The summed E-state index contributed by atoms with van der Waals surface area (Å²) >= 11 is 1.47. The maximum atomic E-state index is 10.8. The van der Waals surface area contributed by atoms with Crippen molar-refractivity contribution in [3.8, 4) is 0 Å². The third-order valence-corrected chi connectivity index (χ3v) is 3.37. The van der Waals surface area contributed by atoms with Gasteiger partial charge in [0.1, 0.15) is 0 Å². The van der Waals surface area contributed by atoms with Crippen LogP contribution in [0.4, 0.5) is 0 Å². The normalized spacial score (nSPS) is 10.9. The van der Waals surface area contributed by atoms with Crippen LogP contribution in [0.25, 0.3) is 11.0 Å². The number of fused-ring (bicyclic) bond motifs is 1. The second kappa shape index (κ2) is 4.77. The first kappa shape index (κ1) is 11.9. The van der Waals surface area contributed by atoms with Gasteiger partial charge in [-0.15, -0.1) is 0 Å². The Morgan fingerprint density at radius 3 is 3.00 bits per heavy atom. The number of carbonyl (C=O) groups is 1. The third-order valence-electron chi connectivity index (χ3n) is 2.39. The van der Waals surface area contributed by atoms with Crippen molar-refractivity contribution in [3.05, 3.63) is 23.8 Å². The first-order valence-corrected chi connectivity index (χ1v) is 5.93. The fourth-order valence-corrected chi connectivity index (χ4v) is 2.23. The molecule has 6 heteroatoms. The van der Waals surface area contributed by atoms with E-state index in [-0.39, 0.29) is 5.56 Å². The molecule has 0 saturated heterocycles. The molecular weight excluding hydrogens is 240 g/mol. The van der Waals surface area contributed by atoms with Gasteiger partial charge >= 0.3 is 5.97 Å². The quantitative estimate of drug-likeness (QED) is 0.665. The lowest BCUT2D eigenvalue weighted by atomic mass is 10.2. The minimum absolute atomic E-state index is 0.249. The number of imidazole rings is 1. The fourth-order valence-electron chi connectivity index (χ4n) is 1.55. The van der Waals surface area contributed by atoms with Crippen LogP contribution >= 0.6 is 11.8 Å². The van der Waals surface area contributed by atoms with Crippen molar-refractivity contribution in [2.75, 3.05) is 13.0 Å². The van der Waals surface area contributed by atoms with Crippen LogP contribution in [0.2, 0.25) is 0 Å². The van der Waals surface area contributed by atoms with Crippen LogP contribution in [0.15, 0.2) is 23.4 Å². The van der Waals surface area contributed by atoms with Crippen LogP contribution in [0.5, 0.6) is 0 Å². The van der Waals surface area contributed by atoms with Crippen LogP contribution in [-0.2, 0) is 11.8 Å². The molecule has 1 aromatic heterocycles. The summed E-state index contributed by atoms with van der Waals surface area (Å²) in [6.45, 7) is 0. The van der Waals surface area contributed by atoms with E-state index >= 15 is 0 Å². The number of carboxylic acid groups (broad SMARTS) is 1. The molecule has 0 atom stereocenters. The maximum Gasteiger partial charge on any atom is 0.335 e. The number of hydrogen-bond donors (Lipinski definition) is 1. The predicted molar refractivity (Wildman–Crippen MR) is 65.4 cm³/mol. The van der Waals surface area contributed by atoms with Gasteiger partial charge in [0.2, 0.25) is 0 Å². The van der Waals surface area contributed by atoms with Crippen molar-refractivity contribution >= 4 is 28.8 Å². The zero-order valence-corrected chi connectivity index (χ0v) is 10.3. The summed E-state index contributed by atoms with van der Waals surface area (Å²) in [4.78, 5) is 15.2. The molecular formula is C11H12N2O3S. The van der Waals surface area contributed by atoms with Gasteiger partial charge in [-0.05, 0) is 18.2 Å². The largest absolute Gasteiger partial charge is 0.478 e. The lowest BCUT2D eigenvalue weighted by molar-refractivity contribution is 0.0697. The van der Waals surface area contributed by atoms with Crippen LogP contribution in [-0.4, -0.2) is 33.7 Å². The highest BCUT2D eigenvalue weighted by Gasteiger charge is 2.10. The SMILES string of the molecule is COCSc1nc2cc(C(=O)O)ccc2n1C. The molecule has 0 aliphatic carbocycles. The zero-order valence-electron chi connectivity index (χ0n) is 9.51. The number of rotatable bonds is 4. The van der Waals surface area contributed by atoms with Gasteiger partial charge in [0.05, 0.1) is 22.5 Å². The molecule has 0 aliphatic rings. The monoisotopic (exact) mass is 252 g/mol. The second-order valence-electron chi connectivity index (χ2n) is 3.51. The van der Waals surface area contributed by atoms with Crippen LogP contribution in [0.1, 0.15) is 10.4 Å². The Hall–Kier alpha value is -1.53. The molecule has 0 radical (unpaired) electrons. The van der Waals surface area contributed by atoms with E-state index in [0.717, 1.165) is 10.7 Å². The Kier molecular flexibility index (Phi) is 3.35. The molecule has 0 amide bonds. The molecule has 0 fully saturated rings. The van der Waals surface area contributed by atoms with Gasteiger partial charge in [-0.3, -0.25) is 0 Å². The van der Waals surface area contributed by atoms with Crippen LogP contribution in [0, 0.1) is 0 Å². The summed E-state index contributed by atoms with van der Waals surface area (Å²) in [5, 5.41) is 9.71. The van der Waals surface area contributed by atoms with E-state index in [1.807, 2.05) is 11.6 Å². The zero-order chi connectivity index (χ0) is 12.4. The Balaban J connectivity index is 2.45. The van der Waals surface area contributed by atoms with Crippen molar-refractivity contribution in [2.45, 2.75) is 5.16 Å². The molecule has 0 aliphatic heterocycles. The van der Waals surface area contributed by atoms with Gasteiger partial charge in [0.25, 0.3) is 0 Å². The molecule has 0 bridgehead atoms. The Bertz CT molecular complexity index is 565. The topological polar surface area (TPSA) is 64.3 Å². The number of aromatic carboxylic acids is 1. The van der Waals surface area contributed by atoms with Gasteiger partial charge in [0, 0.05) is 14.2 Å². The van der Waals surface area contributed by atoms with Gasteiger partial charge in [-0.2, -0.15) is 0 Å². The van der Waals surface area contributed by atoms with E-state index in [1.165, 1.54) is 11.8 Å². The number of nitrogens with zero attached hydrogens (tertiary/aromatic N) is 2. The smallest absolute Gasteiger partial charge is 0.335 e. The summed E-state index contributed by atoms with van der Waals surface area (Å²) in [6, 6.07) is 4.92. The van der Waals surface area contributed by atoms with E-state index in [9.17, 15) is 4.79 Å². The number of ether oxygens (including phenoxy) is 1. The molecule has 1 N–H and O–H groups in total. The Morgan fingerprint density at radius 1 is 1.59 bits per heavy atom. The van der Waals surface area contributed by atoms with Crippen molar-refractivity contribution in [2.24, 2.45) is 7.05 Å². The highest BCUT2D eigenvalue weighted by molar-refractivity contribution is 7.99. The third kappa shape index (κ3) is 2.27. The highest BCUT2D eigenvalue weighted by atomic mass is 32.2. The van der Waals surface area contributed by atoms with Gasteiger partial charge in [0.15, 0.2) is 5.16 Å². The molecule has 17 heavy (non-hydrogen) atoms. The first-order valence-electron chi connectivity index (χ1n) is 4.95. The predicted octanol–water partition coefficient (Wildman–Crippen LogP) is 1.97. The maximum absolute atomic E-state index is 10.8. The van der Waals surface area contributed by atoms with Crippen molar-refractivity contribution < 1.29 is 14.6 Å². The standard InChI is InChI=1S/C11H12N2O3S/c1-13-9-4-3-7(10(14)15)5-8(9)12-11(13)17-6-16-2/h3-5H,6H2,1-2H3,(H,14,15). The fraction of sp³-hybridized carbons (Fsp3) is 0.273. The molecule has 0 spiro atoms. The number of aryl methyl sites for hydroxylation is 1. The number of aromatic nitrogens is 2. The van der Waals surface area contributed by atoms with E-state index in [4.69, 9.17) is 9.84 Å². The number of carboxylic acids is 1. The van der Waals surface area contributed by atoms with Crippen molar-refractivity contribution in [1.82, 2.24) is 9.55 Å². The molecule has 90 valence electrons. The number of hydrogen-bond acceptors (Lipinski definition) is 4. The number of thioether (sulfide) groups is 1. The molecule has 1 aromatic carbocycles.